The van der Waals surface area contributed by atoms with E-state index in [9.17, 15) is 14.4 Å². The Morgan fingerprint density at radius 3 is 2.40 bits per heavy atom. The number of carbonyl (C=O) groups is 3. The van der Waals surface area contributed by atoms with Crippen molar-refractivity contribution >= 4 is 17.5 Å². The van der Waals surface area contributed by atoms with Crippen LogP contribution in [0.2, 0.25) is 0 Å². The number of hydrogen-bond donors (Lipinski definition) is 1. The van der Waals surface area contributed by atoms with Gasteiger partial charge < -0.3 is 5.32 Å². The van der Waals surface area contributed by atoms with Crippen molar-refractivity contribution in [3.05, 3.63) is 0 Å². The highest BCUT2D eigenvalue weighted by molar-refractivity contribution is 6.25. The first-order valence-corrected chi connectivity index (χ1v) is 5.21. The van der Waals surface area contributed by atoms with Crippen molar-refractivity contribution in [1.29, 1.82) is 0 Å². The Hall–Kier alpha value is -1.19. The van der Waals surface area contributed by atoms with Crippen LogP contribution in [0.25, 0.3) is 0 Å². The van der Waals surface area contributed by atoms with Crippen molar-refractivity contribution in [1.82, 2.24) is 5.32 Å². The van der Waals surface area contributed by atoms with Crippen LogP contribution in [0.15, 0.2) is 0 Å². The van der Waals surface area contributed by atoms with Gasteiger partial charge in [0.1, 0.15) is 5.78 Å². The average molecular weight is 211 g/mol. The van der Waals surface area contributed by atoms with Crippen LogP contribution in [0, 0.1) is 11.8 Å². The molecule has 1 N–H and O–H groups in total. The maximum atomic E-state index is 12.0. The fourth-order valence-corrected chi connectivity index (χ4v) is 1.95. The number of Topliss-reactive ketones (excluding diaryl/α,β-unsaturated/α-hetero) is 2. The van der Waals surface area contributed by atoms with E-state index >= 15 is 0 Å². The molecule has 1 aliphatic heterocycles. The third kappa shape index (κ3) is 1.68. The minimum atomic E-state index is -1.09. The summed E-state index contributed by atoms with van der Waals surface area (Å²) in [6, 6.07) is 0. The van der Waals surface area contributed by atoms with Gasteiger partial charge in [0, 0.05) is 0 Å². The van der Waals surface area contributed by atoms with E-state index in [1.807, 2.05) is 13.8 Å². The van der Waals surface area contributed by atoms with Crippen LogP contribution in [0.3, 0.4) is 0 Å². The van der Waals surface area contributed by atoms with Gasteiger partial charge in [-0.15, -0.1) is 0 Å². The number of ketones is 2. The molecule has 0 aliphatic carbocycles. The van der Waals surface area contributed by atoms with E-state index in [4.69, 9.17) is 0 Å². The summed E-state index contributed by atoms with van der Waals surface area (Å²) in [7, 11) is 0. The van der Waals surface area contributed by atoms with Crippen molar-refractivity contribution in [3.63, 3.8) is 0 Å². The predicted octanol–water partition coefficient (Wildman–Crippen LogP) is 0.695. The Bertz CT molecular complexity index is 324. The van der Waals surface area contributed by atoms with Crippen LogP contribution in [0.1, 0.15) is 34.1 Å². The molecule has 1 rings (SSSR count). The second-order valence-electron chi connectivity index (χ2n) is 4.41. The lowest BCUT2D eigenvalue weighted by molar-refractivity contribution is -0.136. The molecule has 0 saturated carbocycles. The SMILES string of the molecule is CCC(C)[C@@]1(C)NC(=O)C(C(C)=O)C1=O. The zero-order chi connectivity index (χ0) is 11.8. The van der Waals surface area contributed by atoms with Gasteiger partial charge in [0.2, 0.25) is 5.91 Å². The molecule has 2 unspecified atom stereocenters. The molecule has 0 bridgehead atoms. The molecule has 84 valence electrons. The molecule has 4 nitrogen and oxygen atoms in total. The molecule has 0 radical (unpaired) electrons. The Kier molecular flexibility index (Phi) is 2.98. The quantitative estimate of drug-likeness (QED) is 0.699. The lowest BCUT2D eigenvalue weighted by Crippen LogP contribution is -2.49. The summed E-state index contributed by atoms with van der Waals surface area (Å²) in [5, 5.41) is 2.65. The Balaban J connectivity index is 3.04. The molecule has 1 heterocycles. The summed E-state index contributed by atoms with van der Waals surface area (Å²) in [4.78, 5) is 34.7. The van der Waals surface area contributed by atoms with Gasteiger partial charge in [-0.3, -0.25) is 14.4 Å². The first-order chi connectivity index (χ1) is 6.84. The molecular formula is C11H17NO3. The van der Waals surface area contributed by atoms with Crippen LogP contribution in [0.5, 0.6) is 0 Å². The van der Waals surface area contributed by atoms with Crippen LogP contribution >= 0.6 is 0 Å². The van der Waals surface area contributed by atoms with Gasteiger partial charge >= 0.3 is 0 Å². The smallest absolute Gasteiger partial charge is 0.239 e. The summed E-state index contributed by atoms with van der Waals surface area (Å²) < 4.78 is 0. The normalized spacial score (nSPS) is 32.7. The molecule has 0 aromatic heterocycles. The molecule has 1 saturated heterocycles. The number of hydrogen-bond acceptors (Lipinski definition) is 3. The number of amides is 1. The van der Waals surface area contributed by atoms with E-state index in [0.717, 1.165) is 6.42 Å². The molecule has 1 aliphatic rings. The summed E-state index contributed by atoms with van der Waals surface area (Å²) in [6.07, 6.45) is 0.785. The highest BCUT2D eigenvalue weighted by Gasteiger charge is 2.53. The topological polar surface area (TPSA) is 63.2 Å². The average Bonchev–Trinajstić information content (AvgIpc) is 2.37. The molecule has 1 fully saturated rings. The summed E-state index contributed by atoms with van der Waals surface area (Å²) in [5.41, 5.74) is -0.873. The molecule has 4 heteroatoms. The summed E-state index contributed by atoms with van der Waals surface area (Å²) in [6.45, 7) is 6.84. The monoisotopic (exact) mass is 211 g/mol. The van der Waals surface area contributed by atoms with Gasteiger partial charge in [0.15, 0.2) is 11.7 Å². The lowest BCUT2D eigenvalue weighted by Gasteiger charge is -2.28. The number of carbonyl (C=O) groups excluding carboxylic acids is 3. The van der Waals surface area contributed by atoms with E-state index in [2.05, 4.69) is 5.32 Å². The Labute approximate surface area is 89.4 Å². The largest absolute Gasteiger partial charge is 0.343 e. The van der Waals surface area contributed by atoms with Crippen LogP contribution in [0.4, 0.5) is 0 Å². The van der Waals surface area contributed by atoms with Gasteiger partial charge in [-0.1, -0.05) is 20.3 Å². The standard InChI is InChI=1S/C11H17NO3/c1-5-6(2)11(4)9(14)8(7(3)13)10(15)12-11/h6,8H,5H2,1-4H3,(H,12,15)/t6?,8?,11-/m1/s1. The van der Waals surface area contributed by atoms with E-state index in [-0.39, 0.29) is 17.5 Å². The van der Waals surface area contributed by atoms with E-state index in [1.54, 1.807) is 6.92 Å². The fraction of sp³-hybridized carbons (Fsp3) is 0.727. The van der Waals surface area contributed by atoms with Crippen molar-refractivity contribution in [2.75, 3.05) is 0 Å². The molecule has 15 heavy (non-hydrogen) atoms. The fourth-order valence-electron chi connectivity index (χ4n) is 1.95. The summed E-state index contributed by atoms with van der Waals surface area (Å²) in [5.74, 6) is -2.16. The van der Waals surface area contributed by atoms with Crippen molar-refractivity contribution in [3.8, 4) is 0 Å². The number of nitrogens with one attached hydrogen (secondary N) is 1. The minimum absolute atomic E-state index is 0.0401. The first kappa shape index (κ1) is 11.9. The molecule has 1 amide bonds. The molecule has 3 atom stereocenters. The molecular weight excluding hydrogens is 194 g/mol. The third-order valence-electron chi connectivity index (χ3n) is 3.42. The highest BCUT2D eigenvalue weighted by atomic mass is 16.2. The minimum Gasteiger partial charge on any atom is -0.343 e. The van der Waals surface area contributed by atoms with Gasteiger partial charge in [-0.25, -0.2) is 0 Å². The molecule has 0 aromatic carbocycles. The van der Waals surface area contributed by atoms with Crippen molar-refractivity contribution in [2.24, 2.45) is 11.8 Å². The van der Waals surface area contributed by atoms with E-state index in [0.29, 0.717) is 0 Å². The molecule has 0 aromatic rings. The highest BCUT2D eigenvalue weighted by Crippen LogP contribution is 2.30. The van der Waals surface area contributed by atoms with E-state index in [1.165, 1.54) is 6.92 Å². The number of rotatable bonds is 3. The van der Waals surface area contributed by atoms with Crippen LogP contribution in [-0.4, -0.2) is 23.0 Å². The first-order valence-electron chi connectivity index (χ1n) is 5.21. The molecule has 0 spiro atoms. The van der Waals surface area contributed by atoms with Gasteiger partial charge in [0.05, 0.1) is 5.54 Å². The maximum Gasteiger partial charge on any atom is 0.239 e. The van der Waals surface area contributed by atoms with Gasteiger partial charge in [0.25, 0.3) is 0 Å². The Morgan fingerprint density at radius 2 is 2.07 bits per heavy atom. The third-order valence-corrected chi connectivity index (χ3v) is 3.42. The van der Waals surface area contributed by atoms with Gasteiger partial charge in [-0.05, 0) is 19.8 Å². The lowest BCUT2D eigenvalue weighted by atomic mass is 9.80. The predicted molar refractivity (Wildman–Crippen MR) is 55.2 cm³/mol. The van der Waals surface area contributed by atoms with E-state index < -0.39 is 17.4 Å². The van der Waals surface area contributed by atoms with Crippen LogP contribution < -0.4 is 5.32 Å². The zero-order valence-corrected chi connectivity index (χ0v) is 9.59. The van der Waals surface area contributed by atoms with Crippen molar-refractivity contribution in [2.45, 2.75) is 39.7 Å². The zero-order valence-electron chi connectivity index (χ0n) is 9.59. The second kappa shape index (κ2) is 3.76. The maximum absolute atomic E-state index is 12.0. The van der Waals surface area contributed by atoms with Crippen LogP contribution in [-0.2, 0) is 14.4 Å². The second-order valence-corrected chi connectivity index (χ2v) is 4.41. The van der Waals surface area contributed by atoms with Gasteiger partial charge in [-0.2, -0.15) is 0 Å². The Morgan fingerprint density at radius 1 is 1.53 bits per heavy atom. The summed E-state index contributed by atoms with van der Waals surface area (Å²) >= 11 is 0. The van der Waals surface area contributed by atoms with Crippen molar-refractivity contribution < 1.29 is 14.4 Å².